The van der Waals surface area contributed by atoms with Gasteiger partial charge < -0.3 is 14.2 Å². The van der Waals surface area contributed by atoms with Crippen LogP contribution in [0.25, 0.3) is 22.4 Å². The van der Waals surface area contributed by atoms with Gasteiger partial charge in [0.05, 0.1) is 27.0 Å². The van der Waals surface area contributed by atoms with Gasteiger partial charge in [0.25, 0.3) is 0 Å². The van der Waals surface area contributed by atoms with Crippen LogP contribution in [0.4, 0.5) is 0 Å². The van der Waals surface area contributed by atoms with Gasteiger partial charge in [0, 0.05) is 17.2 Å². The van der Waals surface area contributed by atoms with Crippen molar-refractivity contribution in [3.05, 3.63) is 60.7 Å². The van der Waals surface area contributed by atoms with E-state index in [9.17, 15) is 0 Å². The molecule has 0 saturated carbocycles. The Kier molecular flexibility index (Phi) is 4.66. The van der Waals surface area contributed by atoms with Gasteiger partial charge in [-0.2, -0.15) is 0 Å². The van der Waals surface area contributed by atoms with Gasteiger partial charge in [-0.25, -0.2) is 4.98 Å². The van der Waals surface area contributed by atoms with Crippen LogP contribution in [0, 0.1) is 0 Å². The van der Waals surface area contributed by atoms with Crippen molar-refractivity contribution in [2.75, 3.05) is 21.3 Å². The maximum absolute atomic E-state index is 5.29. The van der Waals surface area contributed by atoms with Crippen LogP contribution < -0.4 is 14.2 Å². The SMILES string of the molecule is COc1ccc(-c2ccc(OC)nc2-c2ccc(OC)cc2)cc1. The van der Waals surface area contributed by atoms with Crippen molar-refractivity contribution in [2.24, 2.45) is 0 Å². The highest BCUT2D eigenvalue weighted by Gasteiger charge is 2.11. The molecule has 1 heterocycles. The summed E-state index contributed by atoms with van der Waals surface area (Å²) in [5, 5.41) is 0. The molecule has 3 aromatic rings. The van der Waals surface area contributed by atoms with Crippen LogP contribution in [0.1, 0.15) is 0 Å². The fourth-order valence-electron chi connectivity index (χ4n) is 2.53. The van der Waals surface area contributed by atoms with E-state index in [-0.39, 0.29) is 0 Å². The minimum atomic E-state index is 0.582. The first-order chi connectivity index (χ1) is 11.7. The Hall–Kier alpha value is -3.01. The van der Waals surface area contributed by atoms with E-state index < -0.39 is 0 Å². The number of nitrogens with zero attached hydrogens (tertiary/aromatic N) is 1. The van der Waals surface area contributed by atoms with Crippen molar-refractivity contribution in [1.82, 2.24) is 4.98 Å². The lowest BCUT2D eigenvalue weighted by Crippen LogP contribution is -1.94. The van der Waals surface area contributed by atoms with Crippen molar-refractivity contribution in [3.63, 3.8) is 0 Å². The maximum Gasteiger partial charge on any atom is 0.213 e. The molecule has 0 unspecified atom stereocenters. The lowest BCUT2D eigenvalue weighted by Gasteiger charge is -2.12. The van der Waals surface area contributed by atoms with Gasteiger partial charge in [0.15, 0.2) is 0 Å². The molecule has 0 bridgehead atoms. The highest BCUT2D eigenvalue weighted by atomic mass is 16.5. The van der Waals surface area contributed by atoms with E-state index in [1.807, 2.05) is 60.7 Å². The monoisotopic (exact) mass is 321 g/mol. The Balaban J connectivity index is 2.10. The Morgan fingerprint density at radius 3 is 1.62 bits per heavy atom. The summed E-state index contributed by atoms with van der Waals surface area (Å²) in [6, 6.07) is 19.7. The molecule has 24 heavy (non-hydrogen) atoms. The fraction of sp³-hybridized carbons (Fsp3) is 0.150. The summed E-state index contributed by atoms with van der Waals surface area (Å²) in [5.41, 5.74) is 3.96. The van der Waals surface area contributed by atoms with Crippen LogP contribution in [0.5, 0.6) is 17.4 Å². The number of ether oxygens (including phenoxy) is 3. The van der Waals surface area contributed by atoms with Gasteiger partial charge in [-0.1, -0.05) is 12.1 Å². The van der Waals surface area contributed by atoms with E-state index in [0.29, 0.717) is 5.88 Å². The summed E-state index contributed by atoms with van der Waals surface area (Å²) >= 11 is 0. The number of aromatic nitrogens is 1. The molecule has 122 valence electrons. The summed E-state index contributed by atoms with van der Waals surface area (Å²) in [4.78, 5) is 4.64. The van der Waals surface area contributed by atoms with Crippen LogP contribution in [-0.4, -0.2) is 26.3 Å². The second-order valence-electron chi connectivity index (χ2n) is 5.21. The Morgan fingerprint density at radius 1 is 0.583 bits per heavy atom. The molecule has 4 nitrogen and oxygen atoms in total. The zero-order valence-corrected chi connectivity index (χ0v) is 13.9. The maximum atomic E-state index is 5.29. The van der Waals surface area contributed by atoms with Crippen LogP contribution in [0.15, 0.2) is 60.7 Å². The van der Waals surface area contributed by atoms with Gasteiger partial charge in [-0.15, -0.1) is 0 Å². The molecule has 0 atom stereocenters. The van der Waals surface area contributed by atoms with Gasteiger partial charge in [-0.05, 0) is 48.0 Å². The lowest BCUT2D eigenvalue weighted by molar-refractivity contribution is 0.398. The van der Waals surface area contributed by atoms with E-state index in [4.69, 9.17) is 14.2 Å². The molecule has 0 N–H and O–H groups in total. The third kappa shape index (κ3) is 3.18. The number of benzene rings is 2. The summed E-state index contributed by atoms with van der Waals surface area (Å²) < 4.78 is 15.8. The van der Waals surface area contributed by atoms with Crippen molar-refractivity contribution in [3.8, 4) is 39.8 Å². The number of hydrogen-bond acceptors (Lipinski definition) is 4. The molecular weight excluding hydrogens is 302 g/mol. The summed E-state index contributed by atoms with van der Waals surface area (Å²) in [6.45, 7) is 0. The highest BCUT2D eigenvalue weighted by Crippen LogP contribution is 2.33. The molecule has 0 saturated heterocycles. The predicted octanol–water partition coefficient (Wildman–Crippen LogP) is 4.44. The Bertz CT molecular complexity index is 811. The molecule has 0 radical (unpaired) electrons. The molecule has 0 aliphatic rings. The van der Waals surface area contributed by atoms with Crippen molar-refractivity contribution in [1.29, 1.82) is 0 Å². The average molecular weight is 321 g/mol. The summed E-state index contributed by atoms with van der Waals surface area (Å²) in [5.74, 6) is 2.22. The smallest absolute Gasteiger partial charge is 0.213 e. The van der Waals surface area contributed by atoms with Gasteiger partial charge in [-0.3, -0.25) is 0 Å². The van der Waals surface area contributed by atoms with Gasteiger partial charge in [0.2, 0.25) is 5.88 Å². The van der Waals surface area contributed by atoms with Crippen LogP contribution in [0.2, 0.25) is 0 Å². The van der Waals surface area contributed by atoms with Crippen LogP contribution >= 0.6 is 0 Å². The standard InChI is InChI=1S/C20H19NO3/c1-22-16-8-4-14(5-9-16)18-12-13-19(24-3)21-20(18)15-6-10-17(23-2)11-7-15/h4-13H,1-3H3. The molecule has 0 aliphatic heterocycles. The quantitative estimate of drug-likeness (QED) is 0.696. The normalized spacial score (nSPS) is 10.3. The second kappa shape index (κ2) is 7.04. The highest BCUT2D eigenvalue weighted by molar-refractivity contribution is 5.81. The molecule has 2 aromatic carbocycles. The van der Waals surface area contributed by atoms with Crippen LogP contribution in [0.3, 0.4) is 0 Å². The number of rotatable bonds is 5. The third-order valence-electron chi connectivity index (χ3n) is 3.84. The first-order valence-electron chi connectivity index (χ1n) is 7.59. The molecule has 4 heteroatoms. The molecular formula is C20H19NO3. The largest absolute Gasteiger partial charge is 0.497 e. The van der Waals surface area contributed by atoms with E-state index in [0.717, 1.165) is 33.9 Å². The van der Waals surface area contributed by atoms with Crippen LogP contribution in [-0.2, 0) is 0 Å². The molecule has 0 fully saturated rings. The van der Waals surface area contributed by atoms with Crippen molar-refractivity contribution in [2.45, 2.75) is 0 Å². The summed E-state index contributed by atoms with van der Waals surface area (Å²) in [6.07, 6.45) is 0. The van der Waals surface area contributed by atoms with Gasteiger partial charge >= 0.3 is 0 Å². The minimum Gasteiger partial charge on any atom is -0.497 e. The fourth-order valence-corrected chi connectivity index (χ4v) is 2.53. The van der Waals surface area contributed by atoms with E-state index in [1.54, 1.807) is 21.3 Å². The number of methoxy groups -OCH3 is 3. The molecule has 3 rings (SSSR count). The first-order valence-corrected chi connectivity index (χ1v) is 7.59. The molecule has 0 spiro atoms. The molecule has 0 amide bonds. The van der Waals surface area contributed by atoms with Crippen molar-refractivity contribution < 1.29 is 14.2 Å². The lowest BCUT2D eigenvalue weighted by atomic mass is 9.99. The molecule has 0 aliphatic carbocycles. The average Bonchev–Trinajstić information content (AvgIpc) is 2.67. The number of pyridine rings is 1. The zero-order valence-electron chi connectivity index (χ0n) is 13.9. The first kappa shape index (κ1) is 15.9. The number of hydrogen-bond donors (Lipinski definition) is 0. The zero-order chi connectivity index (χ0) is 16.9. The predicted molar refractivity (Wildman–Crippen MR) is 94.8 cm³/mol. The van der Waals surface area contributed by atoms with Gasteiger partial charge in [0.1, 0.15) is 11.5 Å². The van der Waals surface area contributed by atoms with E-state index >= 15 is 0 Å². The van der Waals surface area contributed by atoms with E-state index in [2.05, 4.69) is 4.98 Å². The van der Waals surface area contributed by atoms with E-state index in [1.165, 1.54) is 0 Å². The second-order valence-corrected chi connectivity index (χ2v) is 5.21. The third-order valence-corrected chi connectivity index (χ3v) is 3.84. The minimum absolute atomic E-state index is 0.582. The van der Waals surface area contributed by atoms with Crippen molar-refractivity contribution >= 4 is 0 Å². The molecule has 1 aromatic heterocycles. The summed E-state index contributed by atoms with van der Waals surface area (Å²) in [7, 11) is 4.93. The Labute approximate surface area is 141 Å². The topological polar surface area (TPSA) is 40.6 Å². The Morgan fingerprint density at radius 2 is 1.12 bits per heavy atom.